The molecule has 2 atom stereocenters. The summed E-state index contributed by atoms with van der Waals surface area (Å²) in [5, 5.41) is 10.6. The number of nitrogens with one attached hydrogen (secondary N) is 2. The van der Waals surface area contributed by atoms with Gasteiger partial charge in [-0.25, -0.2) is 4.98 Å². The first-order valence-corrected chi connectivity index (χ1v) is 5.81. The minimum absolute atomic E-state index is 0.232. The molecule has 1 rings (SSSR count). The van der Waals surface area contributed by atoms with Gasteiger partial charge < -0.3 is 5.32 Å². The van der Waals surface area contributed by atoms with Crippen LogP contribution in [0.4, 0.5) is 0 Å². The van der Waals surface area contributed by atoms with E-state index in [0.29, 0.717) is 5.92 Å². The van der Waals surface area contributed by atoms with E-state index in [-0.39, 0.29) is 6.04 Å². The number of hydrogen-bond donors (Lipinski definition) is 2. The van der Waals surface area contributed by atoms with Gasteiger partial charge in [0.25, 0.3) is 0 Å². The SMILES string of the molecule is CCc1nc(C(C)NCC(C)CC)n[nH]1. The van der Waals surface area contributed by atoms with Crippen molar-refractivity contribution >= 4 is 0 Å². The fourth-order valence-electron chi connectivity index (χ4n) is 1.28. The van der Waals surface area contributed by atoms with Gasteiger partial charge in [0.15, 0.2) is 5.82 Å². The van der Waals surface area contributed by atoms with Crippen LogP contribution in [-0.4, -0.2) is 21.7 Å². The molecule has 0 aliphatic carbocycles. The summed E-state index contributed by atoms with van der Waals surface area (Å²) in [5.74, 6) is 2.54. The van der Waals surface area contributed by atoms with Gasteiger partial charge in [-0.15, -0.1) is 0 Å². The maximum atomic E-state index is 4.40. The molecule has 2 unspecified atom stereocenters. The van der Waals surface area contributed by atoms with E-state index in [1.54, 1.807) is 0 Å². The van der Waals surface area contributed by atoms with Crippen LogP contribution in [0.1, 0.15) is 51.8 Å². The van der Waals surface area contributed by atoms with Gasteiger partial charge in [-0.3, -0.25) is 5.10 Å². The Labute approximate surface area is 91.9 Å². The van der Waals surface area contributed by atoms with Crippen molar-refractivity contribution in [3.8, 4) is 0 Å². The molecule has 4 nitrogen and oxygen atoms in total. The van der Waals surface area contributed by atoms with E-state index in [1.165, 1.54) is 6.42 Å². The summed E-state index contributed by atoms with van der Waals surface area (Å²) >= 11 is 0. The molecule has 86 valence electrons. The predicted molar refractivity (Wildman–Crippen MR) is 61.6 cm³/mol. The maximum Gasteiger partial charge on any atom is 0.167 e. The van der Waals surface area contributed by atoms with E-state index in [9.17, 15) is 0 Å². The molecule has 2 N–H and O–H groups in total. The van der Waals surface area contributed by atoms with Gasteiger partial charge in [0.2, 0.25) is 0 Å². The van der Waals surface area contributed by atoms with Crippen molar-refractivity contribution in [3.05, 3.63) is 11.6 Å². The van der Waals surface area contributed by atoms with E-state index in [0.717, 1.165) is 24.6 Å². The van der Waals surface area contributed by atoms with Gasteiger partial charge in [0, 0.05) is 6.42 Å². The van der Waals surface area contributed by atoms with Gasteiger partial charge in [-0.1, -0.05) is 27.2 Å². The van der Waals surface area contributed by atoms with Crippen molar-refractivity contribution in [2.75, 3.05) is 6.54 Å². The van der Waals surface area contributed by atoms with Crippen LogP contribution in [0.25, 0.3) is 0 Å². The summed E-state index contributed by atoms with van der Waals surface area (Å²) in [6, 6.07) is 0.232. The first-order chi connectivity index (χ1) is 7.17. The molecule has 0 saturated carbocycles. The lowest BCUT2D eigenvalue weighted by Gasteiger charge is -2.13. The molecule has 0 bridgehead atoms. The topological polar surface area (TPSA) is 53.6 Å². The second-order valence-electron chi connectivity index (χ2n) is 4.14. The molecule has 1 aromatic heterocycles. The lowest BCUT2D eigenvalue weighted by atomic mass is 10.1. The number of aryl methyl sites for hydroxylation is 1. The average Bonchev–Trinajstić information content (AvgIpc) is 2.73. The van der Waals surface area contributed by atoms with E-state index in [1.807, 2.05) is 0 Å². The number of hydrogen-bond acceptors (Lipinski definition) is 3. The van der Waals surface area contributed by atoms with Crippen molar-refractivity contribution in [2.45, 2.75) is 46.6 Å². The third kappa shape index (κ3) is 3.63. The summed E-state index contributed by atoms with van der Waals surface area (Å²) < 4.78 is 0. The quantitative estimate of drug-likeness (QED) is 0.755. The van der Waals surface area contributed by atoms with E-state index in [2.05, 4.69) is 48.2 Å². The fourth-order valence-corrected chi connectivity index (χ4v) is 1.28. The molecule has 0 fully saturated rings. The highest BCUT2D eigenvalue weighted by Crippen LogP contribution is 2.08. The molecule has 0 spiro atoms. The Morgan fingerprint density at radius 1 is 1.33 bits per heavy atom. The number of aromatic nitrogens is 3. The molecule has 0 saturated heterocycles. The number of aromatic amines is 1. The normalized spacial score (nSPS) is 15.2. The third-order valence-corrected chi connectivity index (χ3v) is 2.74. The van der Waals surface area contributed by atoms with Crippen molar-refractivity contribution in [1.82, 2.24) is 20.5 Å². The number of H-pyrrole nitrogens is 1. The Hall–Kier alpha value is -0.900. The highest BCUT2D eigenvalue weighted by molar-refractivity contribution is 4.95. The highest BCUT2D eigenvalue weighted by Gasteiger charge is 2.11. The summed E-state index contributed by atoms with van der Waals surface area (Å²) in [7, 11) is 0. The van der Waals surface area contributed by atoms with Gasteiger partial charge in [-0.2, -0.15) is 5.10 Å². The zero-order valence-electron chi connectivity index (χ0n) is 10.2. The van der Waals surface area contributed by atoms with Gasteiger partial charge in [0.1, 0.15) is 5.82 Å². The minimum Gasteiger partial charge on any atom is -0.307 e. The predicted octanol–water partition coefficient (Wildman–Crippen LogP) is 2.06. The Balaban J connectivity index is 2.42. The third-order valence-electron chi connectivity index (χ3n) is 2.74. The minimum atomic E-state index is 0.232. The monoisotopic (exact) mass is 210 g/mol. The molecule has 1 heterocycles. The van der Waals surface area contributed by atoms with Gasteiger partial charge in [0.05, 0.1) is 6.04 Å². The van der Waals surface area contributed by atoms with Crippen LogP contribution in [0.15, 0.2) is 0 Å². The van der Waals surface area contributed by atoms with E-state index < -0.39 is 0 Å². The Morgan fingerprint density at radius 3 is 2.60 bits per heavy atom. The fraction of sp³-hybridized carbons (Fsp3) is 0.818. The Bertz CT molecular complexity index is 282. The molecule has 0 aliphatic heterocycles. The summed E-state index contributed by atoms with van der Waals surface area (Å²) in [6.07, 6.45) is 2.11. The van der Waals surface area contributed by atoms with Crippen molar-refractivity contribution in [1.29, 1.82) is 0 Å². The number of nitrogens with zero attached hydrogens (tertiary/aromatic N) is 2. The van der Waals surface area contributed by atoms with Crippen LogP contribution < -0.4 is 5.32 Å². The first-order valence-electron chi connectivity index (χ1n) is 5.81. The molecule has 0 amide bonds. The molecule has 1 aromatic rings. The van der Waals surface area contributed by atoms with Crippen molar-refractivity contribution < 1.29 is 0 Å². The van der Waals surface area contributed by atoms with Gasteiger partial charge >= 0.3 is 0 Å². The van der Waals surface area contributed by atoms with Crippen molar-refractivity contribution in [2.24, 2.45) is 5.92 Å². The number of rotatable bonds is 6. The zero-order chi connectivity index (χ0) is 11.3. The van der Waals surface area contributed by atoms with Crippen LogP contribution >= 0.6 is 0 Å². The maximum absolute atomic E-state index is 4.40. The van der Waals surface area contributed by atoms with E-state index >= 15 is 0 Å². The van der Waals surface area contributed by atoms with Crippen LogP contribution in [0.3, 0.4) is 0 Å². The molecule has 0 aromatic carbocycles. The van der Waals surface area contributed by atoms with Gasteiger partial charge in [-0.05, 0) is 19.4 Å². The van der Waals surface area contributed by atoms with Crippen LogP contribution in [0, 0.1) is 5.92 Å². The second-order valence-corrected chi connectivity index (χ2v) is 4.14. The standard InChI is InChI=1S/C11H22N4/c1-5-8(3)7-12-9(4)11-13-10(6-2)14-15-11/h8-9,12H,5-7H2,1-4H3,(H,13,14,15). The van der Waals surface area contributed by atoms with Crippen molar-refractivity contribution in [3.63, 3.8) is 0 Å². The molecule has 15 heavy (non-hydrogen) atoms. The summed E-state index contributed by atoms with van der Waals surface area (Å²) in [4.78, 5) is 4.40. The average molecular weight is 210 g/mol. The molecule has 0 aliphatic rings. The molecule has 4 heteroatoms. The second kappa shape index (κ2) is 5.85. The molecular weight excluding hydrogens is 188 g/mol. The van der Waals surface area contributed by atoms with E-state index in [4.69, 9.17) is 0 Å². The van der Waals surface area contributed by atoms with Crippen LogP contribution in [0.2, 0.25) is 0 Å². The van der Waals surface area contributed by atoms with Crippen LogP contribution in [0.5, 0.6) is 0 Å². The lowest BCUT2D eigenvalue weighted by Crippen LogP contribution is -2.25. The highest BCUT2D eigenvalue weighted by atomic mass is 15.2. The lowest BCUT2D eigenvalue weighted by molar-refractivity contribution is 0.451. The summed E-state index contributed by atoms with van der Waals surface area (Å²) in [6.45, 7) is 9.65. The Kier molecular flexibility index (Phi) is 4.75. The molecular formula is C11H22N4. The Morgan fingerprint density at radius 2 is 2.07 bits per heavy atom. The first kappa shape index (κ1) is 12.2. The smallest absolute Gasteiger partial charge is 0.167 e. The summed E-state index contributed by atoms with van der Waals surface area (Å²) in [5.41, 5.74) is 0. The van der Waals surface area contributed by atoms with Crippen LogP contribution in [-0.2, 0) is 6.42 Å². The largest absolute Gasteiger partial charge is 0.307 e. The zero-order valence-corrected chi connectivity index (χ0v) is 10.2. The molecule has 0 radical (unpaired) electrons.